The zero-order valence-corrected chi connectivity index (χ0v) is 11.7. The number of nitrogens with zero attached hydrogens (tertiary/aromatic N) is 4. The molecule has 1 aromatic rings. The normalized spacial score (nSPS) is 19.1. The van der Waals surface area contributed by atoms with Gasteiger partial charge >= 0.3 is 5.97 Å². The molecule has 0 radical (unpaired) electrons. The number of carbonyl (C=O) groups is 2. The van der Waals surface area contributed by atoms with E-state index in [0.717, 1.165) is 25.2 Å². The number of likely N-dealkylation sites (tertiary alicyclic amines) is 1. The summed E-state index contributed by atoms with van der Waals surface area (Å²) in [6, 6.07) is 0. The lowest BCUT2D eigenvalue weighted by molar-refractivity contribution is -0.137. The summed E-state index contributed by atoms with van der Waals surface area (Å²) < 4.78 is 1.89. The van der Waals surface area contributed by atoms with Crippen molar-refractivity contribution in [2.75, 3.05) is 13.1 Å². The highest BCUT2D eigenvalue weighted by Gasteiger charge is 2.27. The summed E-state index contributed by atoms with van der Waals surface area (Å²) in [5, 5.41) is 16.6. The predicted octanol–water partition coefficient (Wildman–Crippen LogP) is 0.776. The van der Waals surface area contributed by atoms with Crippen LogP contribution >= 0.6 is 0 Å². The first kappa shape index (κ1) is 14.5. The molecule has 1 fully saturated rings. The molecule has 1 unspecified atom stereocenters. The molecule has 7 nitrogen and oxygen atoms in total. The van der Waals surface area contributed by atoms with Crippen molar-refractivity contribution >= 4 is 11.9 Å². The highest BCUT2D eigenvalue weighted by Crippen LogP contribution is 2.25. The summed E-state index contributed by atoms with van der Waals surface area (Å²) in [6.45, 7) is 1.40. The molecule has 2 heterocycles. The smallest absolute Gasteiger partial charge is 0.303 e. The molecule has 0 aliphatic carbocycles. The summed E-state index contributed by atoms with van der Waals surface area (Å²) in [5.41, 5.74) is 0. The second-order valence-electron chi connectivity index (χ2n) is 5.23. The number of aliphatic carboxylic acids is 1. The lowest BCUT2D eigenvalue weighted by atomic mass is 9.96. The van der Waals surface area contributed by atoms with Crippen molar-refractivity contribution in [2.24, 2.45) is 7.05 Å². The van der Waals surface area contributed by atoms with Gasteiger partial charge in [-0.25, -0.2) is 0 Å². The lowest BCUT2D eigenvalue weighted by Crippen LogP contribution is -2.39. The number of aromatic nitrogens is 3. The zero-order valence-electron chi connectivity index (χ0n) is 11.7. The van der Waals surface area contributed by atoms with Gasteiger partial charge in [-0.05, 0) is 19.3 Å². The van der Waals surface area contributed by atoms with E-state index in [4.69, 9.17) is 5.11 Å². The Morgan fingerprint density at radius 3 is 2.90 bits per heavy atom. The molecule has 1 N–H and O–H groups in total. The first-order valence-corrected chi connectivity index (χ1v) is 6.91. The van der Waals surface area contributed by atoms with Crippen LogP contribution in [-0.2, 0) is 16.6 Å². The second-order valence-corrected chi connectivity index (χ2v) is 5.23. The fraction of sp³-hybridized carbons (Fsp3) is 0.692. The Hall–Kier alpha value is -1.92. The maximum Gasteiger partial charge on any atom is 0.303 e. The van der Waals surface area contributed by atoms with Gasteiger partial charge in [0.05, 0.1) is 0 Å². The van der Waals surface area contributed by atoms with Gasteiger partial charge < -0.3 is 14.6 Å². The summed E-state index contributed by atoms with van der Waals surface area (Å²) in [4.78, 5) is 24.4. The van der Waals surface area contributed by atoms with Gasteiger partial charge in [-0.3, -0.25) is 9.59 Å². The molecule has 0 spiro atoms. The number of piperidine rings is 1. The van der Waals surface area contributed by atoms with Crippen LogP contribution in [-0.4, -0.2) is 49.7 Å². The standard InChI is InChI=1S/C13H20N4O3/c1-16-9-14-15-13(16)10-4-3-7-17(8-10)11(18)5-2-6-12(19)20/h9-10H,2-8H2,1H3,(H,19,20). The first-order chi connectivity index (χ1) is 9.58. The lowest BCUT2D eigenvalue weighted by Gasteiger charge is -2.32. The van der Waals surface area contributed by atoms with Crippen LogP contribution in [0, 0.1) is 0 Å². The van der Waals surface area contributed by atoms with Crippen molar-refractivity contribution in [3.63, 3.8) is 0 Å². The predicted molar refractivity (Wildman–Crippen MR) is 71.0 cm³/mol. The van der Waals surface area contributed by atoms with Gasteiger partial charge in [0.25, 0.3) is 0 Å². The molecule has 7 heteroatoms. The summed E-state index contributed by atoms with van der Waals surface area (Å²) in [7, 11) is 1.91. The van der Waals surface area contributed by atoms with Crippen molar-refractivity contribution in [2.45, 2.75) is 38.0 Å². The van der Waals surface area contributed by atoms with Gasteiger partial charge in [-0.15, -0.1) is 10.2 Å². The van der Waals surface area contributed by atoms with E-state index in [1.165, 1.54) is 0 Å². The third-order valence-electron chi connectivity index (χ3n) is 3.67. The third-order valence-corrected chi connectivity index (χ3v) is 3.67. The first-order valence-electron chi connectivity index (χ1n) is 6.91. The van der Waals surface area contributed by atoms with Crippen LogP contribution in [0.25, 0.3) is 0 Å². The molecule has 20 heavy (non-hydrogen) atoms. The quantitative estimate of drug-likeness (QED) is 0.861. The highest BCUT2D eigenvalue weighted by atomic mass is 16.4. The average molecular weight is 280 g/mol. The van der Waals surface area contributed by atoms with E-state index in [9.17, 15) is 9.59 Å². The number of carbonyl (C=O) groups excluding carboxylic acids is 1. The summed E-state index contributed by atoms with van der Waals surface area (Å²) in [6.07, 6.45) is 4.38. The SMILES string of the molecule is Cn1cnnc1C1CCCN(C(=O)CCCC(=O)O)C1. The molecule has 1 aliphatic heterocycles. The fourth-order valence-electron chi connectivity index (χ4n) is 2.63. The van der Waals surface area contributed by atoms with Gasteiger partial charge in [-0.1, -0.05) is 0 Å². The van der Waals surface area contributed by atoms with Crippen molar-refractivity contribution in [3.05, 3.63) is 12.2 Å². The van der Waals surface area contributed by atoms with Gasteiger partial charge in [0.1, 0.15) is 12.2 Å². The highest BCUT2D eigenvalue weighted by molar-refractivity contribution is 5.77. The number of carboxylic acid groups (broad SMARTS) is 1. The molecule has 0 aromatic carbocycles. The Balaban J connectivity index is 1.88. The second kappa shape index (κ2) is 6.49. The number of amides is 1. The number of hydrogen-bond acceptors (Lipinski definition) is 4. The average Bonchev–Trinajstić information content (AvgIpc) is 2.84. The topological polar surface area (TPSA) is 88.3 Å². The fourth-order valence-corrected chi connectivity index (χ4v) is 2.63. The Bertz CT molecular complexity index is 486. The van der Waals surface area contributed by atoms with Crippen LogP contribution in [0.15, 0.2) is 6.33 Å². The number of aryl methyl sites for hydroxylation is 1. The van der Waals surface area contributed by atoms with Crippen LogP contribution in [0.5, 0.6) is 0 Å². The molecule has 1 atom stereocenters. The minimum absolute atomic E-state index is 0.0399. The maximum atomic E-state index is 12.1. The van der Waals surface area contributed by atoms with Crippen molar-refractivity contribution in [3.8, 4) is 0 Å². The van der Waals surface area contributed by atoms with E-state index >= 15 is 0 Å². The Morgan fingerprint density at radius 2 is 2.25 bits per heavy atom. The molecule has 2 rings (SSSR count). The maximum absolute atomic E-state index is 12.1. The largest absolute Gasteiger partial charge is 0.481 e. The number of hydrogen-bond donors (Lipinski definition) is 1. The van der Waals surface area contributed by atoms with Crippen LogP contribution < -0.4 is 0 Å². The van der Waals surface area contributed by atoms with E-state index in [0.29, 0.717) is 19.4 Å². The summed E-state index contributed by atoms with van der Waals surface area (Å²) in [5.74, 6) is 0.319. The van der Waals surface area contributed by atoms with Crippen molar-refractivity contribution in [1.29, 1.82) is 0 Å². The van der Waals surface area contributed by atoms with Crippen molar-refractivity contribution < 1.29 is 14.7 Å². The van der Waals surface area contributed by atoms with Gasteiger partial charge in [0, 0.05) is 38.9 Å². The Morgan fingerprint density at radius 1 is 1.45 bits per heavy atom. The van der Waals surface area contributed by atoms with E-state index in [1.807, 2.05) is 16.5 Å². The summed E-state index contributed by atoms with van der Waals surface area (Å²) >= 11 is 0. The van der Waals surface area contributed by atoms with E-state index in [-0.39, 0.29) is 18.2 Å². The monoisotopic (exact) mass is 280 g/mol. The molecule has 110 valence electrons. The molecule has 1 saturated heterocycles. The number of rotatable bonds is 5. The van der Waals surface area contributed by atoms with Crippen molar-refractivity contribution in [1.82, 2.24) is 19.7 Å². The Labute approximate surface area is 117 Å². The van der Waals surface area contributed by atoms with Crippen LogP contribution in [0.2, 0.25) is 0 Å². The zero-order chi connectivity index (χ0) is 14.5. The van der Waals surface area contributed by atoms with Crippen LogP contribution in [0.1, 0.15) is 43.8 Å². The molecule has 0 saturated carbocycles. The molecular formula is C13H20N4O3. The molecule has 1 aliphatic rings. The minimum Gasteiger partial charge on any atom is -0.481 e. The molecule has 1 amide bonds. The van der Waals surface area contributed by atoms with E-state index in [1.54, 1.807) is 6.33 Å². The van der Waals surface area contributed by atoms with E-state index < -0.39 is 5.97 Å². The van der Waals surface area contributed by atoms with Gasteiger partial charge in [-0.2, -0.15) is 0 Å². The third kappa shape index (κ3) is 3.55. The van der Waals surface area contributed by atoms with Crippen LogP contribution in [0.4, 0.5) is 0 Å². The van der Waals surface area contributed by atoms with Crippen LogP contribution in [0.3, 0.4) is 0 Å². The van der Waals surface area contributed by atoms with Gasteiger partial charge in [0.15, 0.2) is 0 Å². The Kier molecular flexibility index (Phi) is 4.70. The van der Waals surface area contributed by atoms with Gasteiger partial charge in [0.2, 0.25) is 5.91 Å². The molecule has 1 aromatic heterocycles. The molecule has 0 bridgehead atoms. The van der Waals surface area contributed by atoms with E-state index in [2.05, 4.69) is 10.2 Å². The number of carboxylic acids is 1. The minimum atomic E-state index is -0.853. The molecular weight excluding hydrogens is 260 g/mol.